The van der Waals surface area contributed by atoms with Gasteiger partial charge in [0, 0.05) is 19.2 Å². The van der Waals surface area contributed by atoms with E-state index < -0.39 is 11.2 Å². The molecule has 6 heteroatoms. The van der Waals surface area contributed by atoms with E-state index in [1.54, 1.807) is 0 Å². The number of hydrogen-bond donors (Lipinski definition) is 4. The fourth-order valence-electron chi connectivity index (χ4n) is 1.20. The van der Waals surface area contributed by atoms with Crippen LogP contribution in [0, 0.1) is 0 Å². The lowest BCUT2D eigenvalue weighted by Gasteiger charge is -2.04. The van der Waals surface area contributed by atoms with Gasteiger partial charge in [0.15, 0.2) is 0 Å². The molecule has 0 atom stereocenters. The third-order valence-electron chi connectivity index (χ3n) is 1.91. The van der Waals surface area contributed by atoms with Crippen molar-refractivity contribution in [3.63, 3.8) is 0 Å². The molecule has 6 nitrogen and oxygen atoms in total. The number of nitrogens with one attached hydrogen (secondary N) is 3. The summed E-state index contributed by atoms with van der Waals surface area (Å²) in [6.45, 7) is 0.862. The molecule has 0 spiro atoms. The minimum absolute atomic E-state index is 0.196. The van der Waals surface area contributed by atoms with Crippen molar-refractivity contribution in [2.24, 2.45) is 0 Å². The molecule has 0 bridgehead atoms. The molecule has 0 aliphatic heterocycles. The van der Waals surface area contributed by atoms with E-state index in [1.165, 1.54) is 6.07 Å². The lowest BCUT2D eigenvalue weighted by Crippen LogP contribution is -2.23. The molecular weight excluding hydrogens is 198 g/mol. The SMILES string of the molecule is O=c1cc(NCCCCCO)[nH]c(=O)[nH]1. The zero-order chi connectivity index (χ0) is 11.1. The van der Waals surface area contributed by atoms with E-state index >= 15 is 0 Å². The van der Waals surface area contributed by atoms with Gasteiger partial charge in [0.1, 0.15) is 5.82 Å². The predicted molar refractivity (Wildman–Crippen MR) is 57.1 cm³/mol. The van der Waals surface area contributed by atoms with Crippen molar-refractivity contribution in [3.8, 4) is 0 Å². The second-order valence-corrected chi connectivity index (χ2v) is 3.21. The quantitative estimate of drug-likeness (QED) is 0.485. The first-order chi connectivity index (χ1) is 7.22. The van der Waals surface area contributed by atoms with Gasteiger partial charge in [-0.15, -0.1) is 0 Å². The maximum absolute atomic E-state index is 10.9. The number of aromatic nitrogens is 2. The van der Waals surface area contributed by atoms with Crippen LogP contribution in [0.3, 0.4) is 0 Å². The van der Waals surface area contributed by atoms with E-state index in [0.29, 0.717) is 12.4 Å². The fourth-order valence-corrected chi connectivity index (χ4v) is 1.20. The summed E-state index contributed by atoms with van der Waals surface area (Å²) in [6.07, 6.45) is 2.57. The van der Waals surface area contributed by atoms with Crippen LogP contribution in [0.4, 0.5) is 5.82 Å². The summed E-state index contributed by atoms with van der Waals surface area (Å²) in [6, 6.07) is 1.30. The van der Waals surface area contributed by atoms with Gasteiger partial charge in [-0.25, -0.2) is 4.79 Å². The zero-order valence-corrected chi connectivity index (χ0v) is 8.38. The molecular formula is C9H15N3O3. The number of rotatable bonds is 6. The van der Waals surface area contributed by atoms with Crippen molar-refractivity contribution in [1.29, 1.82) is 0 Å². The summed E-state index contributed by atoms with van der Waals surface area (Å²) in [5, 5.41) is 11.5. The molecule has 15 heavy (non-hydrogen) atoms. The van der Waals surface area contributed by atoms with Gasteiger partial charge in [0.25, 0.3) is 5.56 Å². The highest BCUT2D eigenvalue weighted by molar-refractivity contribution is 5.31. The highest BCUT2D eigenvalue weighted by Crippen LogP contribution is 1.97. The molecule has 0 aliphatic carbocycles. The molecule has 0 aromatic carbocycles. The molecule has 0 unspecified atom stereocenters. The van der Waals surface area contributed by atoms with E-state index in [9.17, 15) is 9.59 Å². The summed E-state index contributed by atoms with van der Waals surface area (Å²) in [7, 11) is 0. The number of anilines is 1. The molecule has 84 valence electrons. The first kappa shape index (κ1) is 11.5. The van der Waals surface area contributed by atoms with Gasteiger partial charge in [0.2, 0.25) is 0 Å². The summed E-state index contributed by atoms with van der Waals surface area (Å²) >= 11 is 0. The normalized spacial score (nSPS) is 10.2. The summed E-state index contributed by atoms with van der Waals surface area (Å²) < 4.78 is 0. The minimum atomic E-state index is -0.514. The molecule has 0 fully saturated rings. The number of unbranched alkanes of at least 4 members (excludes halogenated alkanes) is 2. The van der Waals surface area contributed by atoms with Crippen LogP contribution < -0.4 is 16.6 Å². The Balaban J connectivity index is 2.37. The van der Waals surface area contributed by atoms with Crippen LogP contribution >= 0.6 is 0 Å². The molecule has 1 heterocycles. The first-order valence-electron chi connectivity index (χ1n) is 4.91. The maximum Gasteiger partial charge on any atom is 0.327 e. The topological polar surface area (TPSA) is 98.0 Å². The Labute approximate surface area is 86.4 Å². The number of aromatic amines is 2. The number of hydrogen-bond acceptors (Lipinski definition) is 4. The van der Waals surface area contributed by atoms with Crippen LogP contribution in [0.15, 0.2) is 15.7 Å². The maximum atomic E-state index is 10.9. The molecule has 4 N–H and O–H groups in total. The predicted octanol–water partition coefficient (Wildman–Crippen LogP) is -0.362. The van der Waals surface area contributed by atoms with Gasteiger partial charge in [0.05, 0.1) is 0 Å². The summed E-state index contributed by atoms with van der Waals surface area (Å²) in [5.41, 5.74) is -0.933. The lowest BCUT2D eigenvalue weighted by atomic mass is 10.2. The van der Waals surface area contributed by atoms with Crippen molar-refractivity contribution in [2.75, 3.05) is 18.5 Å². The van der Waals surface area contributed by atoms with Crippen LogP contribution in [-0.4, -0.2) is 28.2 Å². The monoisotopic (exact) mass is 213 g/mol. The van der Waals surface area contributed by atoms with Crippen LogP contribution in [0.5, 0.6) is 0 Å². The Morgan fingerprint density at radius 3 is 2.67 bits per heavy atom. The van der Waals surface area contributed by atoms with Gasteiger partial charge in [-0.05, 0) is 19.3 Å². The molecule has 1 rings (SSSR count). The van der Waals surface area contributed by atoms with Crippen LogP contribution in [-0.2, 0) is 0 Å². The smallest absolute Gasteiger partial charge is 0.327 e. The second-order valence-electron chi connectivity index (χ2n) is 3.21. The molecule has 1 aromatic heterocycles. The van der Waals surface area contributed by atoms with E-state index in [0.717, 1.165) is 19.3 Å². The van der Waals surface area contributed by atoms with Gasteiger partial charge in [-0.1, -0.05) is 0 Å². The zero-order valence-electron chi connectivity index (χ0n) is 8.38. The number of aliphatic hydroxyl groups excluding tert-OH is 1. The highest BCUT2D eigenvalue weighted by Gasteiger charge is 1.95. The van der Waals surface area contributed by atoms with Crippen molar-refractivity contribution in [3.05, 3.63) is 26.9 Å². The lowest BCUT2D eigenvalue weighted by molar-refractivity contribution is 0.283. The van der Waals surface area contributed by atoms with E-state index in [1.807, 2.05) is 0 Å². The average Bonchev–Trinajstić information content (AvgIpc) is 2.16. The Bertz CT molecular complexity index is 368. The molecule has 0 aliphatic rings. The summed E-state index contributed by atoms with van der Waals surface area (Å²) in [4.78, 5) is 26.3. The van der Waals surface area contributed by atoms with Gasteiger partial charge >= 0.3 is 5.69 Å². The average molecular weight is 213 g/mol. The van der Waals surface area contributed by atoms with Crippen LogP contribution in [0.1, 0.15) is 19.3 Å². The summed E-state index contributed by atoms with van der Waals surface area (Å²) in [5.74, 6) is 0.424. The van der Waals surface area contributed by atoms with E-state index in [2.05, 4.69) is 15.3 Å². The van der Waals surface area contributed by atoms with Gasteiger partial charge in [-0.2, -0.15) is 0 Å². The van der Waals surface area contributed by atoms with E-state index in [4.69, 9.17) is 5.11 Å². The van der Waals surface area contributed by atoms with E-state index in [-0.39, 0.29) is 6.61 Å². The molecule has 0 amide bonds. The van der Waals surface area contributed by atoms with Crippen molar-refractivity contribution in [2.45, 2.75) is 19.3 Å². The first-order valence-corrected chi connectivity index (χ1v) is 4.91. The molecule has 0 saturated carbocycles. The molecule has 0 radical (unpaired) electrons. The van der Waals surface area contributed by atoms with Crippen molar-refractivity contribution in [1.82, 2.24) is 9.97 Å². The van der Waals surface area contributed by atoms with Crippen LogP contribution in [0.25, 0.3) is 0 Å². The Kier molecular flexibility index (Phi) is 4.62. The third-order valence-corrected chi connectivity index (χ3v) is 1.91. The van der Waals surface area contributed by atoms with Gasteiger partial charge in [-0.3, -0.25) is 14.8 Å². The minimum Gasteiger partial charge on any atom is -0.396 e. The second kappa shape index (κ2) is 6.02. The van der Waals surface area contributed by atoms with Crippen molar-refractivity contribution < 1.29 is 5.11 Å². The standard InChI is InChI=1S/C9H15N3O3/c13-5-3-1-2-4-10-7-6-8(14)12-9(15)11-7/h6,13H,1-5H2,(H3,10,11,12,14,15). The van der Waals surface area contributed by atoms with Gasteiger partial charge < -0.3 is 10.4 Å². The Hall–Kier alpha value is -1.56. The molecule has 0 saturated heterocycles. The fraction of sp³-hybridized carbons (Fsp3) is 0.556. The Morgan fingerprint density at radius 2 is 2.00 bits per heavy atom. The Morgan fingerprint density at radius 1 is 1.20 bits per heavy atom. The number of H-pyrrole nitrogens is 2. The third kappa shape index (κ3) is 4.46. The van der Waals surface area contributed by atoms with Crippen molar-refractivity contribution >= 4 is 5.82 Å². The molecule has 1 aromatic rings. The highest BCUT2D eigenvalue weighted by atomic mass is 16.2. The van der Waals surface area contributed by atoms with Crippen LogP contribution in [0.2, 0.25) is 0 Å². The number of aliphatic hydroxyl groups is 1. The largest absolute Gasteiger partial charge is 0.396 e.